The second kappa shape index (κ2) is 5.60. The van der Waals surface area contributed by atoms with E-state index in [4.69, 9.17) is 5.41 Å². The Kier molecular flexibility index (Phi) is 3.88. The normalized spacial score (nSPS) is 27.4. The number of rotatable bonds is 3. The van der Waals surface area contributed by atoms with Crippen LogP contribution in [0.4, 0.5) is 0 Å². The summed E-state index contributed by atoms with van der Waals surface area (Å²) in [7, 11) is 0. The Bertz CT molecular complexity index is 284. The third kappa shape index (κ3) is 3.05. The van der Waals surface area contributed by atoms with Crippen molar-refractivity contribution in [1.29, 1.82) is 5.41 Å². The minimum Gasteiger partial charge on any atom is -0.358 e. The SMILES string of the molecule is N=C(C1CCCCC1)N1CCN(CC2CC2)CC1. The fourth-order valence-corrected chi connectivity index (χ4v) is 3.47. The Labute approximate surface area is 111 Å². The quantitative estimate of drug-likeness (QED) is 0.615. The van der Waals surface area contributed by atoms with E-state index in [1.807, 2.05) is 0 Å². The van der Waals surface area contributed by atoms with Crippen molar-refractivity contribution < 1.29 is 0 Å². The zero-order chi connectivity index (χ0) is 12.4. The van der Waals surface area contributed by atoms with E-state index in [1.165, 1.54) is 64.6 Å². The molecule has 0 aromatic heterocycles. The highest BCUT2D eigenvalue weighted by Crippen LogP contribution is 2.30. The maximum absolute atomic E-state index is 8.40. The van der Waals surface area contributed by atoms with Gasteiger partial charge < -0.3 is 4.90 Å². The van der Waals surface area contributed by atoms with Gasteiger partial charge in [0.25, 0.3) is 0 Å². The third-order valence-corrected chi connectivity index (χ3v) is 4.92. The molecule has 0 spiro atoms. The van der Waals surface area contributed by atoms with Crippen LogP contribution in [0.3, 0.4) is 0 Å². The second-order valence-corrected chi connectivity index (χ2v) is 6.45. The molecule has 1 N–H and O–H groups in total. The van der Waals surface area contributed by atoms with Crippen LogP contribution >= 0.6 is 0 Å². The molecule has 2 aliphatic carbocycles. The molecule has 3 fully saturated rings. The largest absolute Gasteiger partial charge is 0.358 e. The van der Waals surface area contributed by atoms with E-state index >= 15 is 0 Å². The highest BCUT2D eigenvalue weighted by atomic mass is 15.3. The van der Waals surface area contributed by atoms with E-state index in [2.05, 4.69) is 9.80 Å². The van der Waals surface area contributed by atoms with Gasteiger partial charge in [-0.05, 0) is 31.6 Å². The van der Waals surface area contributed by atoms with Crippen LogP contribution < -0.4 is 0 Å². The zero-order valence-electron chi connectivity index (χ0n) is 11.5. The predicted octanol–water partition coefficient (Wildman–Crippen LogP) is 2.57. The first-order valence-corrected chi connectivity index (χ1v) is 7.88. The van der Waals surface area contributed by atoms with Crippen LogP contribution in [0.15, 0.2) is 0 Å². The highest BCUT2D eigenvalue weighted by Gasteiger charge is 2.28. The molecule has 3 nitrogen and oxygen atoms in total. The Morgan fingerprint density at radius 2 is 1.56 bits per heavy atom. The van der Waals surface area contributed by atoms with Gasteiger partial charge in [-0.25, -0.2) is 0 Å². The summed E-state index contributed by atoms with van der Waals surface area (Å²) in [6.45, 7) is 5.89. The van der Waals surface area contributed by atoms with Crippen molar-refractivity contribution in [2.45, 2.75) is 44.9 Å². The summed E-state index contributed by atoms with van der Waals surface area (Å²) in [5.41, 5.74) is 0. The van der Waals surface area contributed by atoms with Crippen LogP contribution in [0.2, 0.25) is 0 Å². The molecule has 1 heterocycles. The number of nitrogens with zero attached hydrogens (tertiary/aromatic N) is 2. The van der Waals surface area contributed by atoms with Crippen molar-refractivity contribution in [2.24, 2.45) is 11.8 Å². The highest BCUT2D eigenvalue weighted by molar-refractivity contribution is 5.81. The molecule has 2 saturated carbocycles. The number of hydrogen-bond acceptors (Lipinski definition) is 2. The first kappa shape index (κ1) is 12.5. The Morgan fingerprint density at radius 1 is 0.889 bits per heavy atom. The van der Waals surface area contributed by atoms with Gasteiger partial charge in [0.1, 0.15) is 0 Å². The van der Waals surface area contributed by atoms with Crippen LogP contribution in [0.1, 0.15) is 44.9 Å². The summed E-state index contributed by atoms with van der Waals surface area (Å²) in [5.74, 6) is 2.55. The van der Waals surface area contributed by atoms with Crippen LogP contribution in [0.25, 0.3) is 0 Å². The van der Waals surface area contributed by atoms with Crippen molar-refractivity contribution >= 4 is 5.84 Å². The van der Waals surface area contributed by atoms with Gasteiger partial charge in [0.15, 0.2) is 0 Å². The summed E-state index contributed by atoms with van der Waals surface area (Å²) in [6, 6.07) is 0. The molecule has 1 saturated heterocycles. The molecule has 3 rings (SSSR count). The zero-order valence-corrected chi connectivity index (χ0v) is 11.5. The maximum atomic E-state index is 8.40. The van der Waals surface area contributed by atoms with E-state index in [0.717, 1.165) is 24.8 Å². The lowest BCUT2D eigenvalue weighted by molar-refractivity contribution is 0.169. The number of hydrogen-bond donors (Lipinski definition) is 1. The summed E-state index contributed by atoms with van der Waals surface area (Å²) in [6.07, 6.45) is 9.51. The second-order valence-electron chi connectivity index (χ2n) is 6.45. The van der Waals surface area contributed by atoms with Gasteiger partial charge in [-0.15, -0.1) is 0 Å². The lowest BCUT2D eigenvalue weighted by atomic mass is 9.88. The van der Waals surface area contributed by atoms with Gasteiger partial charge in [-0.1, -0.05) is 19.3 Å². The average Bonchev–Trinajstić information content (AvgIpc) is 3.24. The smallest absolute Gasteiger partial charge is 0.0990 e. The van der Waals surface area contributed by atoms with E-state index in [9.17, 15) is 0 Å². The van der Waals surface area contributed by atoms with E-state index in [1.54, 1.807) is 0 Å². The summed E-state index contributed by atoms with van der Waals surface area (Å²) in [5, 5.41) is 8.40. The molecule has 3 aliphatic rings. The van der Waals surface area contributed by atoms with Crippen molar-refractivity contribution in [3.05, 3.63) is 0 Å². The fraction of sp³-hybridized carbons (Fsp3) is 0.933. The Hall–Kier alpha value is -0.570. The first-order valence-electron chi connectivity index (χ1n) is 7.88. The summed E-state index contributed by atoms with van der Waals surface area (Å²) in [4.78, 5) is 4.97. The molecule has 3 heteroatoms. The standard InChI is InChI=1S/C15H27N3/c16-15(14-4-2-1-3-5-14)18-10-8-17(9-11-18)12-13-6-7-13/h13-14,16H,1-12H2. The predicted molar refractivity (Wildman–Crippen MR) is 75.0 cm³/mol. The van der Waals surface area contributed by atoms with Crippen molar-refractivity contribution in [1.82, 2.24) is 9.80 Å². The molecule has 1 aliphatic heterocycles. The minimum atomic E-state index is 0.578. The van der Waals surface area contributed by atoms with Crippen molar-refractivity contribution in [2.75, 3.05) is 32.7 Å². The molecular weight excluding hydrogens is 222 g/mol. The van der Waals surface area contributed by atoms with Gasteiger partial charge in [0, 0.05) is 38.6 Å². The Morgan fingerprint density at radius 3 is 2.17 bits per heavy atom. The lowest BCUT2D eigenvalue weighted by Gasteiger charge is -2.39. The molecule has 0 aromatic carbocycles. The van der Waals surface area contributed by atoms with Crippen LogP contribution in [-0.2, 0) is 0 Å². The van der Waals surface area contributed by atoms with Gasteiger partial charge in [0.05, 0.1) is 5.84 Å². The molecule has 102 valence electrons. The van der Waals surface area contributed by atoms with Crippen LogP contribution in [0, 0.1) is 17.2 Å². The molecule has 0 atom stereocenters. The lowest BCUT2D eigenvalue weighted by Crippen LogP contribution is -2.50. The van der Waals surface area contributed by atoms with E-state index < -0.39 is 0 Å². The molecule has 0 aromatic rings. The molecule has 0 amide bonds. The van der Waals surface area contributed by atoms with Crippen LogP contribution in [0.5, 0.6) is 0 Å². The summed E-state index contributed by atoms with van der Waals surface area (Å²) < 4.78 is 0. The van der Waals surface area contributed by atoms with E-state index in [-0.39, 0.29) is 0 Å². The minimum absolute atomic E-state index is 0.578. The van der Waals surface area contributed by atoms with Crippen LogP contribution in [-0.4, -0.2) is 48.4 Å². The average molecular weight is 249 g/mol. The summed E-state index contributed by atoms with van der Waals surface area (Å²) >= 11 is 0. The Balaban J connectivity index is 1.44. The van der Waals surface area contributed by atoms with Gasteiger partial charge in [-0.2, -0.15) is 0 Å². The molecule has 0 bridgehead atoms. The molecular formula is C15H27N3. The van der Waals surface area contributed by atoms with Gasteiger partial charge >= 0.3 is 0 Å². The topological polar surface area (TPSA) is 30.3 Å². The van der Waals surface area contributed by atoms with Gasteiger partial charge in [0.2, 0.25) is 0 Å². The van der Waals surface area contributed by atoms with Gasteiger partial charge in [-0.3, -0.25) is 10.3 Å². The fourth-order valence-electron chi connectivity index (χ4n) is 3.47. The number of nitrogens with one attached hydrogen (secondary N) is 1. The molecule has 0 radical (unpaired) electrons. The number of piperazine rings is 1. The first-order chi connectivity index (χ1) is 8.83. The third-order valence-electron chi connectivity index (χ3n) is 4.92. The molecule has 18 heavy (non-hydrogen) atoms. The van der Waals surface area contributed by atoms with Crippen molar-refractivity contribution in [3.63, 3.8) is 0 Å². The molecule has 0 unspecified atom stereocenters. The monoisotopic (exact) mass is 249 g/mol. The van der Waals surface area contributed by atoms with E-state index in [0.29, 0.717) is 5.92 Å². The maximum Gasteiger partial charge on any atom is 0.0990 e. The van der Waals surface area contributed by atoms with Crippen molar-refractivity contribution in [3.8, 4) is 0 Å². The number of amidine groups is 1.